The van der Waals surface area contributed by atoms with Crippen molar-refractivity contribution in [2.24, 2.45) is 4.99 Å². The van der Waals surface area contributed by atoms with Crippen LogP contribution >= 0.6 is 11.6 Å². The van der Waals surface area contributed by atoms with Crippen LogP contribution in [0.25, 0.3) is 0 Å². The first-order valence-corrected chi connectivity index (χ1v) is 8.85. The summed E-state index contributed by atoms with van der Waals surface area (Å²) in [6, 6.07) is 6.49. The summed E-state index contributed by atoms with van der Waals surface area (Å²) in [5.41, 5.74) is 0.932. The van der Waals surface area contributed by atoms with Gasteiger partial charge in [0, 0.05) is 12.1 Å². The summed E-state index contributed by atoms with van der Waals surface area (Å²) < 4.78 is 5.23. The Labute approximate surface area is 170 Å². The van der Waals surface area contributed by atoms with Crippen molar-refractivity contribution in [2.75, 3.05) is 25.5 Å². The molecule has 0 unspecified atom stereocenters. The van der Waals surface area contributed by atoms with Gasteiger partial charge in [-0.25, -0.2) is 4.98 Å². The van der Waals surface area contributed by atoms with Crippen LogP contribution in [0.2, 0.25) is 5.15 Å². The molecule has 1 aromatic heterocycles. The molecule has 0 fully saturated rings. The molecule has 0 saturated heterocycles. The third kappa shape index (κ3) is 4.51. The number of hydrogen-bond donors (Lipinski definition) is 1. The molecule has 29 heavy (non-hydrogen) atoms. The highest BCUT2D eigenvalue weighted by atomic mass is 35.5. The number of amides is 1. The number of carbonyl (C=O) groups is 1. The summed E-state index contributed by atoms with van der Waals surface area (Å²) in [7, 11) is 1.44. The Bertz CT molecular complexity index is 983. The molecule has 0 atom stereocenters. The number of hydrogen-bond acceptors (Lipinski definition) is 9. The van der Waals surface area contributed by atoms with Gasteiger partial charge in [-0.05, 0) is 18.6 Å². The van der Waals surface area contributed by atoms with Gasteiger partial charge in [0.2, 0.25) is 11.8 Å². The van der Waals surface area contributed by atoms with Gasteiger partial charge in [0.05, 0.1) is 13.7 Å². The maximum atomic E-state index is 13.1. The summed E-state index contributed by atoms with van der Waals surface area (Å²) >= 11 is 6.20. The second-order valence-corrected chi connectivity index (χ2v) is 6.25. The van der Waals surface area contributed by atoms with Gasteiger partial charge in [-0.2, -0.15) is 4.98 Å². The molecule has 1 aromatic carbocycles. The largest absolute Gasteiger partial charge is 0.479 e. The number of methoxy groups -OCH3 is 1. The maximum Gasteiger partial charge on any atom is 0.294 e. The summed E-state index contributed by atoms with van der Waals surface area (Å²) in [5, 5.41) is 12.7. The predicted molar refractivity (Wildman–Crippen MR) is 104 cm³/mol. The van der Waals surface area contributed by atoms with Crippen LogP contribution in [0.3, 0.4) is 0 Å². The Kier molecular flexibility index (Phi) is 6.07. The molecule has 0 bridgehead atoms. The first-order chi connectivity index (χ1) is 13.9. The number of aliphatic imine (C=N–C) groups is 1. The van der Waals surface area contributed by atoms with E-state index in [4.69, 9.17) is 16.3 Å². The second kappa shape index (κ2) is 8.69. The van der Waals surface area contributed by atoms with E-state index in [1.165, 1.54) is 12.0 Å². The number of halogens is 1. The fourth-order valence-electron chi connectivity index (χ4n) is 2.75. The second-order valence-electron chi connectivity index (χ2n) is 5.89. The number of rotatable bonds is 6. The van der Waals surface area contributed by atoms with Crippen LogP contribution in [0.15, 0.2) is 29.3 Å². The molecule has 0 radical (unpaired) electrons. The minimum atomic E-state index is -0.906. The van der Waals surface area contributed by atoms with Crippen LogP contribution in [-0.4, -0.2) is 52.0 Å². The van der Waals surface area contributed by atoms with E-state index in [9.17, 15) is 14.9 Å². The zero-order valence-electron chi connectivity index (χ0n) is 15.6. The molecule has 0 spiro atoms. The Morgan fingerprint density at radius 2 is 2.14 bits per heavy atom. The van der Waals surface area contributed by atoms with Crippen molar-refractivity contribution in [3.05, 3.63) is 56.5 Å². The van der Waals surface area contributed by atoms with Crippen molar-refractivity contribution in [3.8, 4) is 5.88 Å². The number of aryl methyl sites for hydroxylation is 1. The fraction of sp³-hybridized carbons (Fsp3) is 0.294. The molecule has 1 aliphatic rings. The van der Waals surface area contributed by atoms with Crippen LogP contribution in [0.4, 0.5) is 5.69 Å². The lowest BCUT2D eigenvalue weighted by molar-refractivity contribution is -0.763. The van der Waals surface area contributed by atoms with Gasteiger partial charge < -0.3 is 14.9 Å². The van der Waals surface area contributed by atoms with E-state index in [0.717, 1.165) is 0 Å². The SMILES string of the molecule is COc1nc(C)nc(Cl)c1NC1=NCCN1C(=O)c1ccccc1CO[N+](=O)[O-]. The summed E-state index contributed by atoms with van der Waals surface area (Å²) in [4.78, 5) is 42.0. The zero-order chi connectivity index (χ0) is 21.0. The van der Waals surface area contributed by atoms with E-state index < -0.39 is 5.09 Å². The molecule has 1 N–H and O–H groups in total. The number of aromatic nitrogens is 2. The molecular weight excluding hydrogens is 404 g/mol. The molecular formula is C17H17ClN6O5. The molecule has 2 aromatic rings. The van der Waals surface area contributed by atoms with Crippen LogP contribution in [-0.2, 0) is 11.4 Å². The fourth-order valence-corrected chi connectivity index (χ4v) is 3.00. The number of nitrogens with zero attached hydrogens (tertiary/aromatic N) is 5. The lowest BCUT2D eigenvalue weighted by atomic mass is 10.1. The number of anilines is 1. The molecule has 0 aliphatic carbocycles. The number of carbonyl (C=O) groups excluding carboxylic acids is 1. The molecule has 152 valence electrons. The molecule has 0 saturated carbocycles. The quantitative estimate of drug-likeness (QED) is 0.426. The number of ether oxygens (including phenoxy) is 1. The smallest absolute Gasteiger partial charge is 0.294 e. The number of guanidine groups is 1. The highest BCUT2D eigenvalue weighted by Crippen LogP contribution is 2.30. The van der Waals surface area contributed by atoms with Crippen molar-refractivity contribution in [1.82, 2.24) is 14.9 Å². The Morgan fingerprint density at radius 1 is 1.38 bits per heavy atom. The third-order valence-corrected chi connectivity index (χ3v) is 4.31. The van der Waals surface area contributed by atoms with E-state index in [1.807, 2.05) is 0 Å². The minimum Gasteiger partial charge on any atom is -0.479 e. The lowest BCUT2D eigenvalue weighted by Gasteiger charge is -2.21. The van der Waals surface area contributed by atoms with Gasteiger partial charge in [0.15, 0.2) is 5.15 Å². The van der Waals surface area contributed by atoms with E-state index in [-0.39, 0.29) is 40.8 Å². The molecule has 1 aliphatic heterocycles. The van der Waals surface area contributed by atoms with Crippen molar-refractivity contribution in [2.45, 2.75) is 13.5 Å². The number of nitrogens with one attached hydrogen (secondary N) is 1. The zero-order valence-corrected chi connectivity index (χ0v) is 16.3. The first-order valence-electron chi connectivity index (χ1n) is 8.47. The number of benzene rings is 1. The van der Waals surface area contributed by atoms with E-state index >= 15 is 0 Å². The average molecular weight is 421 g/mol. The Hall–Kier alpha value is -3.47. The van der Waals surface area contributed by atoms with E-state index in [0.29, 0.717) is 24.5 Å². The topological polar surface area (TPSA) is 132 Å². The highest BCUT2D eigenvalue weighted by Gasteiger charge is 2.28. The maximum absolute atomic E-state index is 13.1. The van der Waals surface area contributed by atoms with Crippen LogP contribution in [0, 0.1) is 17.0 Å². The summed E-state index contributed by atoms with van der Waals surface area (Å²) in [6.07, 6.45) is 0. The standard InChI is InChI=1S/C17H17ClN6O5/c1-10-20-14(18)13(15(21-10)28-2)22-17-19-7-8-23(17)16(25)12-6-4-3-5-11(12)9-29-24(26)27/h3-6H,7-9H2,1-2H3,(H,19,22). The monoisotopic (exact) mass is 420 g/mol. The van der Waals surface area contributed by atoms with Gasteiger partial charge in [-0.1, -0.05) is 29.8 Å². The summed E-state index contributed by atoms with van der Waals surface area (Å²) in [5.74, 6) is 0.495. The van der Waals surface area contributed by atoms with Gasteiger partial charge >= 0.3 is 0 Å². The average Bonchev–Trinajstić information content (AvgIpc) is 3.16. The Morgan fingerprint density at radius 3 is 2.86 bits per heavy atom. The van der Waals surface area contributed by atoms with E-state index in [1.54, 1.807) is 31.2 Å². The van der Waals surface area contributed by atoms with Crippen LogP contribution in [0.5, 0.6) is 5.88 Å². The van der Waals surface area contributed by atoms with Crippen molar-refractivity contribution in [3.63, 3.8) is 0 Å². The van der Waals surface area contributed by atoms with Crippen molar-refractivity contribution in [1.29, 1.82) is 0 Å². The molecule has 11 nitrogen and oxygen atoms in total. The highest BCUT2D eigenvalue weighted by molar-refractivity contribution is 6.33. The molecule has 3 rings (SSSR count). The summed E-state index contributed by atoms with van der Waals surface area (Å²) in [6.45, 7) is 2.02. The van der Waals surface area contributed by atoms with Gasteiger partial charge in [0.25, 0.3) is 11.0 Å². The molecule has 12 heteroatoms. The van der Waals surface area contributed by atoms with Gasteiger partial charge in [-0.15, -0.1) is 10.1 Å². The van der Waals surface area contributed by atoms with Gasteiger partial charge in [0.1, 0.15) is 18.1 Å². The predicted octanol–water partition coefficient (Wildman–Crippen LogP) is 2.08. The molecule has 2 heterocycles. The van der Waals surface area contributed by atoms with Crippen LogP contribution in [0.1, 0.15) is 21.7 Å². The lowest BCUT2D eigenvalue weighted by Crippen LogP contribution is -2.39. The Balaban J connectivity index is 1.85. The van der Waals surface area contributed by atoms with E-state index in [2.05, 4.69) is 25.1 Å². The third-order valence-electron chi connectivity index (χ3n) is 4.03. The minimum absolute atomic E-state index is 0.121. The van der Waals surface area contributed by atoms with Crippen molar-refractivity contribution < 1.29 is 19.5 Å². The van der Waals surface area contributed by atoms with Crippen molar-refractivity contribution >= 4 is 29.2 Å². The first kappa shape index (κ1) is 20.3. The normalized spacial score (nSPS) is 13.1. The van der Waals surface area contributed by atoms with Gasteiger partial charge in [-0.3, -0.25) is 14.7 Å². The molecule has 1 amide bonds. The van der Waals surface area contributed by atoms with Crippen LogP contribution < -0.4 is 10.1 Å².